The van der Waals surface area contributed by atoms with Crippen LogP contribution < -0.4 is 5.32 Å². The van der Waals surface area contributed by atoms with Crippen LogP contribution in [-0.4, -0.2) is 18.4 Å². The number of hydrogen-bond donors (Lipinski definition) is 1. The van der Waals surface area contributed by atoms with Gasteiger partial charge >= 0.3 is 5.97 Å². The van der Waals surface area contributed by atoms with Crippen LogP contribution in [0.5, 0.6) is 0 Å². The number of hydrogen-bond acceptors (Lipinski definition) is 3. The quantitative estimate of drug-likeness (QED) is 0.451. The van der Waals surface area contributed by atoms with Crippen molar-refractivity contribution < 1.29 is 23.1 Å². The van der Waals surface area contributed by atoms with Crippen molar-refractivity contribution in [3.8, 4) is 0 Å². The normalized spacial score (nSPS) is 13.1. The number of halogens is 2. The lowest BCUT2D eigenvalue weighted by molar-refractivity contribution is -0.00853. The first-order valence-electron chi connectivity index (χ1n) is 10.7. The molecular weight excluding hydrogens is 424 g/mol. The SMILES string of the molecule is CC(C)(C)C(CNC(=O)c1ccc(F)cc1)C(OC(=O)c1ccc(F)cc1)c1ccccc1. The van der Waals surface area contributed by atoms with Gasteiger partial charge in [0, 0.05) is 18.0 Å². The van der Waals surface area contributed by atoms with Crippen LogP contribution >= 0.6 is 0 Å². The van der Waals surface area contributed by atoms with Gasteiger partial charge in [0.05, 0.1) is 5.56 Å². The van der Waals surface area contributed by atoms with Crippen LogP contribution in [0.15, 0.2) is 78.9 Å². The Morgan fingerprint density at radius 2 is 1.33 bits per heavy atom. The summed E-state index contributed by atoms with van der Waals surface area (Å²) in [6.07, 6.45) is -0.669. The number of ether oxygens (including phenoxy) is 1. The van der Waals surface area contributed by atoms with E-state index in [0.29, 0.717) is 5.56 Å². The summed E-state index contributed by atoms with van der Waals surface area (Å²) in [6, 6.07) is 19.8. The second-order valence-electron chi connectivity index (χ2n) is 8.93. The van der Waals surface area contributed by atoms with Gasteiger partial charge < -0.3 is 10.1 Å². The molecule has 3 aromatic rings. The van der Waals surface area contributed by atoms with Crippen LogP contribution in [-0.2, 0) is 4.74 Å². The van der Waals surface area contributed by atoms with Gasteiger partial charge in [-0.25, -0.2) is 13.6 Å². The van der Waals surface area contributed by atoms with Crippen LogP contribution in [0, 0.1) is 23.0 Å². The Bertz CT molecular complexity index is 1080. The molecule has 0 radical (unpaired) electrons. The second-order valence-corrected chi connectivity index (χ2v) is 8.93. The molecule has 0 bridgehead atoms. The summed E-state index contributed by atoms with van der Waals surface area (Å²) in [7, 11) is 0. The van der Waals surface area contributed by atoms with Gasteiger partial charge in [0.1, 0.15) is 17.7 Å². The van der Waals surface area contributed by atoms with Crippen LogP contribution in [0.1, 0.15) is 53.2 Å². The molecule has 0 heterocycles. The Labute approximate surface area is 192 Å². The lowest BCUT2D eigenvalue weighted by Crippen LogP contribution is -2.40. The Kier molecular flexibility index (Phi) is 7.59. The molecule has 0 fully saturated rings. The van der Waals surface area contributed by atoms with E-state index in [1.165, 1.54) is 48.5 Å². The highest BCUT2D eigenvalue weighted by atomic mass is 19.1. The van der Waals surface area contributed by atoms with Crippen molar-refractivity contribution in [3.63, 3.8) is 0 Å². The minimum atomic E-state index is -0.669. The average molecular weight is 452 g/mol. The maximum atomic E-state index is 13.3. The van der Waals surface area contributed by atoms with E-state index in [9.17, 15) is 18.4 Å². The molecule has 4 nitrogen and oxygen atoms in total. The second kappa shape index (κ2) is 10.4. The molecule has 0 saturated heterocycles. The van der Waals surface area contributed by atoms with E-state index in [2.05, 4.69) is 5.32 Å². The number of carbonyl (C=O) groups excluding carboxylic acids is 2. The van der Waals surface area contributed by atoms with Gasteiger partial charge in [0.15, 0.2) is 0 Å². The van der Waals surface area contributed by atoms with Crippen molar-refractivity contribution in [2.24, 2.45) is 11.3 Å². The Hall–Kier alpha value is -3.54. The van der Waals surface area contributed by atoms with Crippen LogP contribution in [0.3, 0.4) is 0 Å². The first-order valence-corrected chi connectivity index (χ1v) is 10.7. The van der Waals surface area contributed by atoms with E-state index in [0.717, 1.165) is 5.56 Å². The summed E-state index contributed by atoms with van der Waals surface area (Å²) in [6.45, 7) is 6.23. The molecule has 0 saturated carbocycles. The fraction of sp³-hybridized carbons (Fsp3) is 0.259. The largest absolute Gasteiger partial charge is 0.454 e. The summed E-state index contributed by atoms with van der Waals surface area (Å²) < 4.78 is 32.4. The van der Waals surface area contributed by atoms with E-state index >= 15 is 0 Å². The smallest absolute Gasteiger partial charge is 0.338 e. The molecule has 2 atom stereocenters. The molecule has 0 spiro atoms. The number of carbonyl (C=O) groups is 2. The molecule has 3 rings (SSSR count). The zero-order valence-corrected chi connectivity index (χ0v) is 18.8. The lowest BCUT2D eigenvalue weighted by atomic mass is 9.75. The summed E-state index contributed by atoms with van der Waals surface area (Å²) in [5.74, 6) is -2.09. The number of rotatable bonds is 7. The molecule has 0 aliphatic rings. The summed E-state index contributed by atoms with van der Waals surface area (Å²) >= 11 is 0. The molecule has 6 heteroatoms. The van der Waals surface area contributed by atoms with Crippen molar-refractivity contribution in [3.05, 3.63) is 107 Å². The molecule has 1 N–H and O–H groups in total. The number of amides is 1. The minimum Gasteiger partial charge on any atom is -0.454 e. The first kappa shape index (κ1) is 24.1. The van der Waals surface area contributed by atoms with Gasteiger partial charge in [-0.15, -0.1) is 0 Å². The molecule has 0 aliphatic heterocycles. The fourth-order valence-electron chi connectivity index (χ4n) is 3.57. The highest BCUT2D eigenvalue weighted by molar-refractivity contribution is 5.94. The zero-order valence-electron chi connectivity index (χ0n) is 18.8. The maximum Gasteiger partial charge on any atom is 0.338 e. The van der Waals surface area contributed by atoms with E-state index < -0.39 is 23.7 Å². The number of benzene rings is 3. The van der Waals surface area contributed by atoms with E-state index in [1.54, 1.807) is 0 Å². The molecule has 33 heavy (non-hydrogen) atoms. The monoisotopic (exact) mass is 451 g/mol. The first-order chi connectivity index (χ1) is 15.6. The van der Waals surface area contributed by atoms with Crippen molar-refractivity contribution in [1.82, 2.24) is 5.32 Å². The number of esters is 1. The predicted octanol–water partition coefficient (Wildman–Crippen LogP) is 5.96. The van der Waals surface area contributed by atoms with Gasteiger partial charge in [0.25, 0.3) is 5.91 Å². The Morgan fingerprint density at radius 3 is 1.85 bits per heavy atom. The Morgan fingerprint density at radius 1 is 0.818 bits per heavy atom. The maximum absolute atomic E-state index is 13.3. The average Bonchev–Trinajstić information content (AvgIpc) is 2.79. The molecule has 172 valence electrons. The van der Waals surface area contributed by atoms with Crippen LogP contribution in [0.2, 0.25) is 0 Å². The topological polar surface area (TPSA) is 55.4 Å². The summed E-state index contributed by atoms with van der Waals surface area (Å²) in [5.41, 5.74) is 0.993. The zero-order chi connectivity index (χ0) is 24.0. The van der Waals surface area contributed by atoms with Gasteiger partial charge in [0.2, 0.25) is 0 Å². The van der Waals surface area contributed by atoms with Gasteiger partial charge in [-0.3, -0.25) is 4.79 Å². The number of nitrogens with one attached hydrogen (secondary N) is 1. The standard InChI is InChI=1S/C27H27F2NO3/c1-27(2,3)23(17-30-25(31)19-9-13-21(28)14-10-19)24(18-7-5-4-6-8-18)33-26(32)20-11-15-22(29)16-12-20/h4-16,23-24H,17H2,1-3H3,(H,30,31). The molecular formula is C27H27F2NO3. The molecule has 1 amide bonds. The Balaban J connectivity index is 1.86. The fourth-order valence-corrected chi connectivity index (χ4v) is 3.57. The van der Waals surface area contributed by atoms with Gasteiger partial charge in [-0.2, -0.15) is 0 Å². The molecule has 3 aromatic carbocycles. The minimum absolute atomic E-state index is 0.218. The predicted molar refractivity (Wildman–Crippen MR) is 123 cm³/mol. The van der Waals surface area contributed by atoms with Crippen LogP contribution in [0.25, 0.3) is 0 Å². The van der Waals surface area contributed by atoms with E-state index in [1.807, 2.05) is 51.1 Å². The third-order valence-electron chi connectivity index (χ3n) is 5.51. The third kappa shape index (κ3) is 6.48. The van der Waals surface area contributed by atoms with Crippen molar-refractivity contribution in [2.75, 3.05) is 6.54 Å². The van der Waals surface area contributed by atoms with E-state index in [4.69, 9.17) is 4.74 Å². The van der Waals surface area contributed by atoms with Crippen molar-refractivity contribution in [2.45, 2.75) is 26.9 Å². The summed E-state index contributed by atoms with van der Waals surface area (Å²) in [5, 5.41) is 2.89. The highest BCUT2D eigenvalue weighted by Gasteiger charge is 2.36. The third-order valence-corrected chi connectivity index (χ3v) is 5.51. The van der Waals surface area contributed by atoms with Crippen molar-refractivity contribution in [1.29, 1.82) is 0 Å². The van der Waals surface area contributed by atoms with Crippen molar-refractivity contribution >= 4 is 11.9 Å². The van der Waals surface area contributed by atoms with Crippen LogP contribution in [0.4, 0.5) is 8.78 Å². The lowest BCUT2D eigenvalue weighted by Gasteiger charge is -2.37. The molecule has 2 unspecified atom stereocenters. The van der Waals surface area contributed by atoms with Gasteiger partial charge in [-0.05, 0) is 59.5 Å². The summed E-state index contributed by atoms with van der Waals surface area (Å²) in [4.78, 5) is 25.5. The van der Waals surface area contributed by atoms with E-state index in [-0.39, 0.29) is 29.3 Å². The molecule has 0 aromatic heterocycles. The highest BCUT2D eigenvalue weighted by Crippen LogP contribution is 2.39. The molecule has 0 aliphatic carbocycles. The van der Waals surface area contributed by atoms with Gasteiger partial charge in [-0.1, -0.05) is 51.1 Å².